The van der Waals surface area contributed by atoms with E-state index in [2.05, 4.69) is 36.8 Å². The van der Waals surface area contributed by atoms with Crippen molar-refractivity contribution in [1.29, 1.82) is 0 Å². The van der Waals surface area contributed by atoms with E-state index in [4.69, 9.17) is 27.9 Å². The third kappa shape index (κ3) is 5.84. The van der Waals surface area contributed by atoms with Crippen LogP contribution in [0.25, 0.3) is 0 Å². The molecule has 6 nitrogen and oxygen atoms in total. The van der Waals surface area contributed by atoms with E-state index in [0.29, 0.717) is 23.2 Å². The Kier molecular flexibility index (Phi) is 7.99. The van der Waals surface area contributed by atoms with Crippen molar-refractivity contribution in [2.75, 3.05) is 12.3 Å². The summed E-state index contributed by atoms with van der Waals surface area (Å²) in [7, 11) is 1.83. The molecule has 3 aromatic rings. The summed E-state index contributed by atoms with van der Waals surface area (Å²) in [5.74, 6) is 1.64. The second-order valence-corrected chi connectivity index (χ2v) is 8.64. The van der Waals surface area contributed by atoms with Crippen molar-refractivity contribution >= 4 is 50.9 Å². The summed E-state index contributed by atoms with van der Waals surface area (Å²) in [6.07, 6.45) is 0. The van der Waals surface area contributed by atoms with Gasteiger partial charge in [0.15, 0.2) is 0 Å². The number of ether oxygens (including phenoxy) is 1. The zero-order valence-corrected chi connectivity index (χ0v) is 18.9. The largest absolute Gasteiger partial charge is 0.488 e. The van der Waals surface area contributed by atoms with Crippen LogP contribution in [0.1, 0.15) is 11.1 Å². The summed E-state index contributed by atoms with van der Waals surface area (Å²) in [5.41, 5.74) is 1.82. The Morgan fingerprint density at radius 3 is 2.71 bits per heavy atom. The van der Waals surface area contributed by atoms with Crippen molar-refractivity contribution in [3.8, 4) is 5.75 Å². The molecule has 0 radical (unpaired) electrons. The standard InChI is InChI=1S/C18H18BrCl2N5OS/c1-26-18(23-24-25-26)28-8-7-22-10-12-9-13(19)5-6-17(12)27-11-14-15(20)3-2-4-16(14)21/h2-6,9,22H,7-8,10-11H2,1H3. The summed E-state index contributed by atoms with van der Waals surface area (Å²) >= 11 is 17.6. The predicted molar refractivity (Wildman–Crippen MR) is 116 cm³/mol. The van der Waals surface area contributed by atoms with Crippen LogP contribution in [0, 0.1) is 0 Å². The maximum Gasteiger partial charge on any atom is 0.209 e. The van der Waals surface area contributed by atoms with Crippen LogP contribution < -0.4 is 10.1 Å². The normalized spacial score (nSPS) is 11.0. The lowest BCUT2D eigenvalue weighted by Gasteiger charge is -2.14. The number of thioether (sulfide) groups is 1. The topological polar surface area (TPSA) is 64.9 Å². The zero-order valence-electron chi connectivity index (χ0n) is 15.0. The van der Waals surface area contributed by atoms with Crippen molar-refractivity contribution in [1.82, 2.24) is 25.5 Å². The van der Waals surface area contributed by atoms with E-state index in [9.17, 15) is 0 Å². The number of halogens is 3. The molecule has 0 spiro atoms. The quantitative estimate of drug-likeness (QED) is 0.336. The lowest BCUT2D eigenvalue weighted by Crippen LogP contribution is -2.17. The maximum atomic E-state index is 6.23. The SMILES string of the molecule is Cn1nnnc1SCCNCc1cc(Br)ccc1OCc1c(Cl)cccc1Cl. The van der Waals surface area contributed by atoms with E-state index >= 15 is 0 Å². The van der Waals surface area contributed by atoms with E-state index in [1.807, 2.05) is 31.3 Å². The minimum Gasteiger partial charge on any atom is -0.488 e. The number of benzene rings is 2. The van der Waals surface area contributed by atoms with Crippen LogP contribution >= 0.6 is 50.9 Å². The van der Waals surface area contributed by atoms with Gasteiger partial charge in [0.25, 0.3) is 0 Å². The van der Waals surface area contributed by atoms with Crippen LogP contribution in [0.2, 0.25) is 10.0 Å². The van der Waals surface area contributed by atoms with Crippen LogP contribution in [0.15, 0.2) is 46.0 Å². The summed E-state index contributed by atoms with van der Waals surface area (Å²) in [5, 5.41) is 16.8. The Hall–Kier alpha value is -1.32. The average Bonchev–Trinajstić information content (AvgIpc) is 3.07. The van der Waals surface area contributed by atoms with Crippen LogP contribution in [-0.2, 0) is 20.2 Å². The minimum atomic E-state index is 0.308. The second-order valence-electron chi connectivity index (χ2n) is 5.85. The second kappa shape index (κ2) is 10.5. The smallest absolute Gasteiger partial charge is 0.209 e. The molecule has 0 bridgehead atoms. The van der Waals surface area contributed by atoms with Gasteiger partial charge in [-0.25, -0.2) is 4.68 Å². The molecule has 0 aliphatic rings. The van der Waals surface area contributed by atoms with Crippen molar-refractivity contribution in [2.24, 2.45) is 7.05 Å². The van der Waals surface area contributed by atoms with Gasteiger partial charge in [0.1, 0.15) is 12.4 Å². The highest BCUT2D eigenvalue weighted by Crippen LogP contribution is 2.28. The third-order valence-corrected chi connectivity index (χ3v) is 6.08. The fourth-order valence-electron chi connectivity index (χ4n) is 2.43. The van der Waals surface area contributed by atoms with E-state index in [0.717, 1.165) is 38.8 Å². The number of nitrogens with one attached hydrogen (secondary N) is 1. The predicted octanol–water partition coefficient (Wildman–Crippen LogP) is 4.74. The molecule has 2 aromatic carbocycles. The molecular weight excluding hydrogens is 485 g/mol. The molecule has 0 saturated heterocycles. The number of rotatable bonds is 9. The number of aryl methyl sites for hydroxylation is 1. The lowest BCUT2D eigenvalue weighted by molar-refractivity contribution is 0.302. The summed E-state index contributed by atoms with van der Waals surface area (Å²) in [6.45, 7) is 1.78. The van der Waals surface area contributed by atoms with Gasteiger partial charge in [-0.2, -0.15) is 0 Å². The maximum absolute atomic E-state index is 6.23. The molecule has 148 valence electrons. The van der Waals surface area contributed by atoms with Gasteiger partial charge in [-0.15, -0.1) is 5.10 Å². The first kappa shape index (κ1) is 21.4. The molecule has 0 atom stereocenters. The monoisotopic (exact) mass is 501 g/mol. The van der Waals surface area contributed by atoms with Gasteiger partial charge in [0.05, 0.1) is 0 Å². The van der Waals surface area contributed by atoms with E-state index in [1.165, 1.54) is 0 Å². The molecule has 0 fully saturated rings. The van der Waals surface area contributed by atoms with E-state index in [1.54, 1.807) is 28.6 Å². The van der Waals surface area contributed by atoms with Crippen LogP contribution in [0.4, 0.5) is 0 Å². The fourth-order valence-corrected chi connectivity index (χ4v) is 4.09. The molecule has 0 amide bonds. The minimum absolute atomic E-state index is 0.308. The molecule has 0 saturated carbocycles. The van der Waals surface area contributed by atoms with Gasteiger partial charge in [-0.05, 0) is 40.8 Å². The molecule has 28 heavy (non-hydrogen) atoms. The summed E-state index contributed by atoms with van der Waals surface area (Å²) in [4.78, 5) is 0. The Bertz CT molecular complexity index is 920. The van der Waals surface area contributed by atoms with Crippen molar-refractivity contribution in [2.45, 2.75) is 18.3 Å². The molecule has 0 aliphatic heterocycles. The third-order valence-electron chi connectivity index (χ3n) is 3.86. The Morgan fingerprint density at radius 1 is 1.21 bits per heavy atom. The first-order valence-electron chi connectivity index (χ1n) is 8.44. The van der Waals surface area contributed by atoms with Gasteiger partial charge < -0.3 is 10.1 Å². The van der Waals surface area contributed by atoms with Gasteiger partial charge >= 0.3 is 0 Å². The van der Waals surface area contributed by atoms with Gasteiger partial charge in [0.2, 0.25) is 5.16 Å². The molecular formula is C18H18BrCl2N5OS. The highest BCUT2D eigenvalue weighted by Gasteiger charge is 2.10. The first-order valence-corrected chi connectivity index (χ1v) is 11.0. The van der Waals surface area contributed by atoms with Crippen molar-refractivity contribution in [3.63, 3.8) is 0 Å². The van der Waals surface area contributed by atoms with E-state index in [-0.39, 0.29) is 0 Å². The van der Waals surface area contributed by atoms with Crippen LogP contribution in [0.5, 0.6) is 5.75 Å². The average molecular weight is 503 g/mol. The van der Waals surface area contributed by atoms with Gasteiger partial charge in [-0.1, -0.05) is 57.0 Å². The first-order chi connectivity index (χ1) is 13.5. The lowest BCUT2D eigenvalue weighted by atomic mass is 10.2. The molecule has 1 aromatic heterocycles. The fraction of sp³-hybridized carbons (Fsp3) is 0.278. The van der Waals surface area contributed by atoms with E-state index < -0.39 is 0 Å². The molecule has 3 rings (SSSR count). The number of hydrogen-bond acceptors (Lipinski definition) is 6. The Morgan fingerprint density at radius 2 is 2.00 bits per heavy atom. The highest BCUT2D eigenvalue weighted by molar-refractivity contribution is 9.10. The molecule has 1 heterocycles. The van der Waals surface area contributed by atoms with Crippen LogP contribution in [-0.4, -0.2) is 32.5 Å². The number of nitrogens with zero attached hydrogens (tertiary/aromatic N) is 4. The summed E-state index contributed by atoms with van der Waals surface area (Å²) in [6, 6.07) is 11.4. The van der Waals surface area contributed by atoms with Gasteiger partial charge in [0, 0.05) is 51.5 Å². The molecule has 1 N–H and O–H groups in total. The zero-order chi connectivity index (χ0) is 19.9. The summed E-state index contributed by atoms with van der Waals surface area (Å²) < 4.78 is 8.66. The molecule has 10 heteroatoms. The van der Waals surface area contributed by atoms with Crippen LogP contribution in [0.3, 0.4) is 0 Å². The number of tetrazole rings is 1. The van der Waals surface area contributed by atoms with Crippen molar-refractivity contribution in [3.05, 3.63) is 62.0 Å². The van der Waals surface area contributed by atoms with Crippen molar-refractivity contribution < 1.29 is 4.74 Å². The number of aromatic nitrogens is 4. The van der Waals surface area contributed by atoms with Gasteiger partial charge in [-0.3, -0.25) is 0 Å². The number of hydrogen-bond donors (Lipinski definition) is 1. The Labute approximate surface area is 186 Å². The molecule has 0 unspecified atom stereocenters. The highest BCUT2D eigenvalue weighted by atomic mass is 79.9. The molecule has 0 aliphatic carbocycles. The Balaban J connectivity index is 1.55.